The summed E-state index contributed by atoms with van der Waals surface area (Å²) < 4.78 is 1.60. The third-order valence-electron chi connectivity index (χ3n) is 5.32. The second kappa shape index (κ2) is 15.0. The van der Waals surface area contributed by atoms with Gasteiger partial charge in [-0.3, -0.25) is 19.5 Å². The minimum atomic E-state index is -0.172. The van der Waals surface area contributed by atoms with Gasteiger partial charge in [-0.15, -0.1) is 0 Å². The van der Waals surface area contributed by atoms with Crippen LogP contribution in [0.25, 0.3) is 5.65 Å². The molecule has 0 bridgehead atoms. The highest BCUT2D eigenvalue weighted by Crippen LogP contribution is 2.22. The van der Waals surface area contributed by atoms with Gasteiger partial charge in [0.25, 0.3) is 5.91 Å². The van der Waals surface area contributed by atoms with Gasteiger partial charge in [0.05, 0.1) is 6.20 Å². The topological polar surface area (TPSA) is 136 Å². The molecule has 37 heavy (non-hydrogen) atoms. The van der Waals surface area contributed by atoms with Gasteiger partial charge in [-0.05, 0) is 51.3 Å². The van der Waals surface area contributed by atoms with Gasteiger partial charge in [0.2, 0.25) is 6.41 Å². The molecule has 4 N–H and O–H groups in total. The molecule has 2 aromatic heterocycles. The Kier molecular flexibility index (Phi) is 11.7. The minimum absolute atomic E-state index is 0.172. The monoisotopic (exact) mass is 508 g/mol. The number of hydrogen-bond acceptors (Lipinski definition) is 8. The standard InChI is InChI=1S/C24H30N8O2.C2H6O/c1-5-6-12-21(25-3)31(16-33)13-8-9-17(2)28-20-14-22(26-4)32-23(30-20)19(15-27-32)24(34)29-18-10-7-11-18;1-2-3/h5-6,8-9,12-16,18,26H,1,7,10-11H2,2-4H3,(H,28,30)(H,29,34);3H,2H2,1H3/b12-6-,13-8-,17-9+,25-21?;. The Bertz CT molecular complexity index is 1190. The average Bonchev–Trinajstić information content (AvgIpc) is 3.29. The maximum absolute atomic E-state index is 12.7. The van der Waals surface area contributed by atoms with E-state index in [1.165, 1.54) is 11.1 Å². The van der Waals surface area contributed by atoms with Crippen molar-refractivity contribution in [3.63, 3.8) is 0 Å². The lowest BCUT2D eigenvalue weighted by Crippen LogP contribution is -2.39. The molecule has 198 valence electrons. The van der Waals surface area contributed by atoms with E-state index in [1.54, 1.807) is 68.2 Å². The summed E-state index contributed by atoms with van der Waals surface area (Å²) in [7, 11) is 3.38. The van der Waals surface area contributed by atoms with E-state index in [9.17, 15) is 9.59 Å². The zero-order chi connectivity index (χ0) is 27.2. The molecule has 0 unspecified atom stereocenters. The fourth-order valence-electron chi connectivity index (χ4n) is 3.30. The smallest absolute Gasteiger partial charge is 0.256 e. The third kappa shape index (κ3) is 8.14. The highest BCUT2D eigenvalue weighted by Gasteiger charge is 2.23. The second-order valence-corrected chi connectivity index (χ2v) is 7.99. The van der Waals surface area contributed by atoms with Crippen LogP contribution in [0.3, 0.4) is 0 Å². The van der Waals surface area contributed by atoms with Gasteiger partial charge in [0.1, 0.15) is 23.0 Å². The normalized spacial score (nSPS) is 14.2. The fraction of sp³-hybridized carbons (Fsp3) is 0.346. The minimum Gasteiger partial charge on any atom is -0.397 e. The summed E-state index contributed by atoms with van der Waals surface area (Å²) in [4.78, 5) is 34.2. The van der Waals surface area contributed by atoms with Gasteiger partial charge >= 0.3 is 0 Å². The molecule has 1 aliphatic carbocycles. The van der Waals surface area contributed by atoms with Crippen molar-refractivity contribution in [2.75, 3.05) is 31.3 Å². The highest BCUT2D eigenvalue weighted by atomic mass is 16.2. The van der Waals surface area contributed by atoms with Gasteiger partial charge in [0, 0.05) is 44.7 Å². The van der Waals surface area contributed by atoms with Crippen LogP contribution >= 0.6 is 0 Å². The number of aromatic nitrogens is 3. The van der Waals surface area contributed by atoms with Crippen LogP contribution in [0.2, 0.25) is 0 Å². The van der Waals surface area contributed by atoms with Crippen molar-refractivity contribution in [3.05, 3.63) is 66.7 Å². The maximum atomic E-state index is 12.7. The van der Waals surface area contributed by atoms with E-state index < -0.39 is 0 Å². The molecule has 11 heteroatoms. The molecule has 0 aliphatic heterocycles. The molecule has 11 nitrogen and oxygen atoms in total. The van der Waals surface area contributed by atoms with Crippen LogP contribution in [-0.4, -0.2) is 69.5 Å². The number of fused-ring (bicyclic) bond motifs is 1. The Labute approximate surface area is 217 Å². The molecule has 1 fully saturated rings. The summed E-state index contributed by atoms with van der Waals surface area (Å²) >= 11 is 0. The van der Waals surface area contributed by atoms with Crippen molar-refractivity contribution in [1.29, 1.82) is 0 Å². The van der Waals surface area contributed by atoms with Gasteiger partial charge in [-0.25, -0.2) is 4.98 Å². The first-order valence-electron chi connectivity index (χ1n) is 12.0. The number of aliphatic imine (C=N–C) groups is 1. The van der Waals surface area contributed by atoms with Crippen LogP contribution in [0.15, 0.2) is 66.1 Å². The van der Waals surface area contributed by atoms with Crippen molar-refractivity contribution in [2.45, 2.75) is 39.2 Å². The Hall–Kier alpha value is -4.25. The summed E-state index contributed by atoms with van der Waals surface area (Å²) in [5, 5.41) is 21.2. The molecule has 2 aromatic rings. The van der Waals surface area contributed by atoms with Crippen LogP contribution in [0, 0.1) is 0 Å². The zero-order valence-electron chi connectivity index (χ0n) is 21.8. The van der Waals surface area contributed by atoms with Crippen LogP contribution in [0.1, 0.15) is 43.5 Å². The van der Waals surface area contributed by atoms with E-state index in [4.69, 9.17) is 5.11 Å². The van der Waals surface area contributed by atoms with Crippen LogP contribution in [-0.2, 0) is 4.79 Å². The number of allylic oxidation sites excluding steroid dienone is 5. The number of nitrogens with zero attached hydrogens (tertiary/aromatic N) is 5. The predicted molar refractivity (Wildman–Crippen MR) is 148 cm³/mol. The van der Waals surface area contributed by atoms with Crippen LogP contribution < -0.4 is 16.0 Å². The molecular formula is C26H36N8O3. The number of hydrogen-bond donors (Lipinski definition) is 4. The second-order valence-electron chi connectivity index (χ2n) is 7.99. The summed E-state index contributed by atoms with van der Waals surface area (Å²) in [6.45, 7) is 7.42. The maximum Gasteiger partial charge on any atom is 0.256 e. The number of aliphatic hydroxyl groups excluding tert-OH is 1. The summed E-state index contributed by atoms with van der Waals surface area (Å²) in [5.74, 6) is 1.54. The van der Waals surface area contributed by atoms with E-state index in [0.717, 1.165) is 25.0 Å². The number of amides is 2. The Morgan fingerprint density at radius 3 is 2.68 bits per heavy atom. The van der Waals surface area contributed by atoms with Crippen LogP contribution in [0.4, 0.5) is 11.6 Å². The van der Waals surface area contributed by atoms with Crippen molar-refractivity contribution in [2.24, 2.45) is 4.99 Å². The lowest BCUT2D eigenvalue weighted by molar-refractivity contribution is -0.113. The van der Waals surface area contributed by atoms with Crippen molar-refractivity contribution in [3.8, 4) is 0 Å². The zero-order valence-corrected chi connectivity index (χ0v) is 21.8. The molecule has 2 heterocycles. The quantitative estimate of drug-likeness (QED) is 0.168. The SMILES string of the molecule is C=C/C=C\C(=NC)N(C=O)/C=C\C=C(/C)Nc1cc(NC)n2ncc(C(=O)NC3CCC3)c2n1.CCO. The van der Waals surface area contributed by atoms with E-state index in [0.29, 0.717) is 35.1 Å². The first-order chi connectivity index (χ1) is 17.9. The number of nitrogens with one attached hydrogen (secondary N) is 3. The Morgan fingerprint density at radius 1 is 1.38 bits per heavy atom. The number of rotatable bonds is 10. The summed E-state index contributed by atoms with van der Waals surface area (Å²) in [6, 6.07) is 2.02. The molecule has 1 aliphatic rings. The number of carbonyl (C=O) groups excluding carboxylic acids is 2. The molecular weight excluding hydrogens is 472 g/mol. The number of anilines is 2. The summed E-state index contributed by atoms with van der Waals surface area (Å²) in [5.41, 5.74) is 1.66. The number of carbonyl (C=O) groups is 2. The number of amidine groups is 1. The summed E-state index contributed by atoms with van der Waals surface area (Å²) in [6.07, 6.45) is 15.5. The Balaban J connectivity index is 0.00000153. The first kappa shape index (κ1) is 29.0. The van der Waals surface area contributed by atoms with Crippen LogP contribution in [0.5, 0.6) is 0 Å². The van der Waals surface area contributed by atoms with E-state index in [-0.39, 0.29) is 18.6 Å². The molecule has 3 rings (SSSR count). The van der Waals surface area contributed by atoms with Gasteiger partial charge in [0.15, 0.2) is 5.65 Å². The van der Waals surface area contributed by atoms with Crippen molar-refractivity contribution >= 4 is 35.4 Å². The first-order valence-corrected chi connectivity index (χ1v) is 12.0. The fourth-order valence-corrected chi connectivity index (χ4v) is 3.30. The molecule has 0 spiro atoms. The predicted octanol–water partition coefficient (Wildman–Crippen LogP) is 3.11. The van der Waals surface area contributed by atoms with Gasteiger partial charge in [-0.2, -0.15) is 9.61 Å². The molecule has 0 saturated heterocycles. The van der Waals surface area contributed by atoms with Crippen molar-refractivity contribution in [1.82, 2.24) is 24.8 Å². The average molecular weight is 509 g/mol. The lowest BCUT2D eigenvalue weighted by atomic mass is 9.93. The Morgan fingerprint density at radius 2 is 2.11 bits per heavy atom. The highest BCUT2D eigenvalue weighted by molar-refractivity contribution is 6.00. The molecule has 0 aromatic carbocycles. The van der Waals surface area contributed by atoms with Gasteiger partial charge in [-0.1, -0.05) is 18.7 Å². The lowest BCUT2D eigenvalue weighted by Gasteiger charge is -2.26. The number of aliphatic hydroxyl groups is 1. The molecule has 0 radical (unpaired) electrons. The third-order valence-corrected chi connectivity index (χ3v) is 5.32. The molecule has 0 atom stereocenters. The van der Waals surface area contributed by atoms with E-state index >= 15 is 0 Å². The van der Waals surface area contributed by atoms with Gasteiger partial charge < -0.3 is 21.1 Å². The molecule has 2 amide bonds. The van der Waals surface area contributed by atoms with Crippen molar-refractivity contribution < 1.29 is 14.7 Å². The molecule has 1 saturated carbocycles. The largest absolute Gasteiger partial charge is 0.397 e. The van der Waals surface area contributed by atoms with E-state index in [1.807, 2.05) is 6.92 Å². The van der Waals surface area contributed by atoms with E-state index in [2.05, 4.69) is 37.6 Å².